The predicted octanol–water partition coefficient (Wildman–Crippen LogP) is 3.78. The van der Waals surface area contributed by atoms with Gasteiger partial charge >= 0.3 is 0 Å². The van der Waals surface area contributed by atoms with Crippen molar-refractivity contribution in [1.82, 2.24) is 5.32 Å². The second kappa shape index (κ2) is 14.4. The number of carbonyl (C=O) groups is 2. The molecule has 2 unspecified atom stereocenters. The van der Waals surface area contributed by atoms with E-state index >= 15 is 0 Å². The van der Waals surface area contributed by atoms with Crippen molar-refractivity contribution in [1.29, 1.82) is 0 Å². The van der Waals surface area contributed by atoms with E-state index in [1.807, 2.05) is 6.92 Å². The molecular weight excluding hydrogens is 290 g/mol. The van der Waals surface area contributed by atoms with Crippen LogP contribution in [0.5, 0.6) is 0 Å². The number of hydrogen-bond acceptors (Lipinski definition) is 3. The van der Waals surface area contributed by atoms with Gasteiger partial charge in [-0.1, -0.05) is 26.0 Å². The van der Waals surface area contributed by atoms with Crippen LogP contribution >= 0.6 is 0 Å². The van der Waals surface area contributed by atoms with E-state index in [1.165, 1.54) is 0 Å². The van der Waals surface area contributed by atoms with Crippen LogP contribution in [0.4, 0.5) is 0 Å². The molecule has 0 aromatic rings. The van der Waals surface area contributed by atoms with Crippen LogP contribution in [0.2, 0.25) is 0 Å². The minimum Gasteiger partial charge on any atom is -0.396 e. The van der Waals surface area contributed by atoms with E-state index in [4.69, 9.17) is 5.11 Å². The van der Waals surface area contributed by atoms with Gasteiger partial charge in [-0.05, 0) is 51.4 Å². The summed E-state index contributed by atoms with van der Waals surface area (Å²) in [5, 5.41) is 11.7. The van der Waals surface area contributed by atoms with E-state index in [0.717, 1.165) is 38.5 Å². The smallest absolute Gasteiger partial charge is 0.219 e. The lowest BCUT2D eigenvalue weighted by Gasteiger charge is -2.20. The van der Waals surface area contributed by atoms with E-state index in [0.29, 0.717) is 25.2 Å². The maximum absolute atomic E-state index is 11.5. The van der Waals surface area contributed by atoms with Gasteiger partial charge in [0, 0.05) is 31.9 Å². The molecule has 0 spiro atoms. The fourth-order valence-corrected chi connectivity index (χ4v) is 2.34. The summed E-state index contributed by atoms with van der Waals surface area (Å²) in [6.45, 7) is 6.28. The van der Waals surface area contributed by atoms with Crippen molar-refractivity contribution < 1.29 is 14.7 Å². The first-order chi connectivity index (χ1) is 11.0. The van der Waals surface area contributed by atoms with Crippen molar-refractivity contribution in [2.75, 3.05) is 6.61 Å². The topological polar surface area (TPSA) is 66.4 Å². The third-order valence-electron chi connectivity index (χ3n) is 4.21. The molecule has 0 aromatic heterocycles. The summed E-state index contributed by atoms with van der Waals surface area (Å²) in [5.41, 5.74) is 0. The molecule has 23 heavy (non-hydrogen) atoms. The quantitative estimate of drug-likeness (QED) is 0.377. The normalized spacial score (nSPS) is 13.9. The van der Waals surface area contributed by atoms with Crippen LogP contribution in [0, 0.1) is 5.92 Å². The summed E-state index contributed by atoms with van der Waals surface area (Å²) in [6, 6.07) is 0.225. The monoisotopic (exact) mass is 325 g/mol. The Bertz CT molecular complexity index is 353. The molecule has 0 radical (unpaired) electrons. The number of amides is 1. The molecule has 0 saturated carbocycles. The zero-order chi connectivity index (χ0) is 17.5. The molecule has 0 aliphatic rings. The Morgan fingerprint density at radius 1 is 1.04 bits per heavy atom. The first kappa shape index (κ1) is 21.8. The standard InChI is InChI=1S/C19H35NO3/c1-4-19(23)20-17(3)16(2)12-8-6-5-7-9-13-18(22)14-10-11-15-21/h5,7,16-17,21H,4,6,8-15H2,1-3H3,(H,20,23)/b7-5+. The average Bonchev–Trinajstić information content (AvgIpc) is 2.53. The van der Waals surface area contributed by atoms with E-state index in [9.17, 15) is 9.59 Å². The highest BCUT2D eigenvalue weighted by Crippen LogP contribution is 2.13. The summed E-state index contributed by atoms with van der Waals surface area (Å²) in [6.07, 6.45) is 11.5. The van der Waals surface area contributed by atoms with Gasteiger partial charge in [-0.25, -0.2) is 0 Å². The molecule has 0 heterocycles. The lowest BCUT2D eigenvalue weighted by Crippen LogP contribution is -2.36. The number of nitrogens with one attached hydrogen (secondary N) is 1. The largest absolute Gasteiger partial charge is 0.396 e. The third-order valence-corrected chi connectivity index (χ3v) is 4.21. The van der Waals surface area contributed by atoms with Crippen molar-refractivity contribution in [3.63, 3.8) is 0 Å². The number of hydrogen-bond donors (Lipinski definition) is 2. The number of aliphatic hydroxyl groups is 1. The summed E-state index contributed by atoms with van der Waals surface area (Å²) < 4.78 is 0. The van der Waals surface area contributed by atoms with Crippen molar-refractivity contribution in [3.8, 4) is 0 Å². The minimum atomic E-state index is 0.118. The van der Waals surface area contributed by atoms with Gasteiger partial charge in [-0.2, -0.15) is 0 Å². The van der Waals surface area contributed by atoms with Crippen LogP contribution < -0.4 is 5.32 Å². The van der Waals surface area contributed by atoms with Crippen molar-refractivity contribution in [2.45, 2.75) is 84.6 Å². The maximum atomic E-state index is 11.5. The Balaban J connectivity index is 3.63. The first-order valence-electron chi connectivity index (χ1n) is 9.08. The summed E-state index contributed by atoms with van der Waals surface area (Å²) in [4.78, 5) is 22.9. The maximum Gasteiger partial charge on any atom is 0.219 e. The fourth-order valence-electron chi connectivity index (χ4n) is 2.34. The van der Waals surface area contributed by atoms with Gasteiger partial charge in [-0.15, -0.1) is 0 Å². The highest BCUT2D eigenvalue weighted by Gasteiger charge is 2.13. The second-order valence-corrected chi connectivity index (χ2v) is 6.35. The zero-order valence-electron chi connectivity index (χ0n) is 15.1. The summed E-state index contributed by atoms with van der Waals surface area (Å²) in [7, 11) is 0. The van der Waals surface area contributed by atoms with Gasteiger partial charge in [0.25, 0.3) is 0 Å². The lowest BCUT2D eigenvalue weighted by atomic mass is 9.96. The van der Waals surface area contributed by atoms with Crippen LogP contribution in [-0.2, 0) is 9.59 Å². The third kappa shape index (κ3) is 13.0. The zero-order valence-corrected chi connectivity index (χ0v) is 15.1. The second-order valence-electron chi connectivity index (χ2n) is 6.35. The molecule has 0 aliphatic heterocycles. The van der Waals surface area contributed by atoms with Crippen LogP contribution in [-0.4, -0.2) is 29.4 Å². The van der Waals surface area contributed by atoms with Gasteiger partial charge in [0.05, 0.1) is 0 Å². The molecular formula is C19H35NO3. The number of carbonyl (C=O) groups excluding carboxylic acids is 2. The van der Waals surface area contributed by atoms with Crippen molar-refractivity contribution in [3.05, 3.63) is 12.2 Å². The van der Waals surface area contributed by atoms with Crippen LogP contribution in [0.1, 0.15) is 78.6 Å². The molecule has 1 amide bonds. The Kier molecular flexibility index (Phi) is 13.7. The SMILES string of the molecule is CCC(=O)NC(C)C(C)CCC/C=C/CCC(=O)CCCCO. The number of ketones is 1. The molecule has 0 aliphatic carbocycles. The Morgan fingerprint density at radius 2 is 1.74 bits per heavy atom. The molecule has 0 bridgehead atoms. The van der Waals surface area contributed by atoms with Gasteiger partial charge in [0.15, 0.2) is 0 Å². The van der Waals surface area contributed by atoms with Crippen LogP contribution in [0.15, 0.2) is 12.2 Å². The molecule has 0 aromatic carbocycles. The number of Topliss-reactive ketones (excluding diaryl/α,β-unsaturated/α-hetero) is 1. The predicted molar refractivity (Wildman–Crippen MR) is 95.2 cm³/mol. The molecule has 2 atom stereocenters. The molecule has 134 valence electrons. The highest BCUT2D eigenvalue weighted by atomic mass is 16.3. The fraction of sp³-hybridized carbons (Fsp3) is 0.789. The van der Waals surface area contributed by atoms with E-state index < -0.39 is 0 Å². The number of aliphatic hydroxyl groups excluding tert-OH is 1. The molecule has 4 nitrogen and oxygen atoms in total. The van der Waals surface area contributed by atoms with Crippen LogP contribution in [0.25, 0.3) is 0 Å². The average molecular weight is 325 g/mol. The van der Waals surface area contributed by atoms with Crippen molar-refractivity contribution in [2.24, 2.45) is 5.92 Å². The molecule has 0 rings (SSSR count). The van der Waals surface area contributed by atoms with Crippen LogP contribution in [0.3, 0.4) is 0 Å². The number of rotatable bonds is 14. The van der Waals surface area contributed by atoms with Crippen molar-refractivity contribution >= 4 is 11.7 Å². The highest BCUT2D eigenvalue weighted by molar-refractivity contribution is 5.78. The molecule has 4 heteroatoms. The van der Waals surface area contributed by atoms with Gasteiger partial charge < -0.3 is 10.4 Å². The van der Waals surface area contributed by atoms with E-state index in [2.05, 4.69) is 31.3 Å². The van der Waals surface area contributed by atoms with Gasteiger partial charge in [0.2, 0.25) is 5.91 Å². The summed E-state index contributed by atoms with van der Waals surface area (Å²) in [5.74, 6) is 0.886. The van der Waals surface area contributed by atoms with E-state index in [-0.39, 0.29) is 24.3 Å². The molecule has 0 saturated heterocycles. The Hall–Kier alpha value is -1.16. The van der Waals surface area contributed by atoms with Gasteiger partial charge in [0.1, 0.15) is 5.78 Å². The number of allylic oxidation sites excluding steroid dienone is 2. The Morgan fingerprint density at radius 3 is 2.39 bits per heavy atom. The van der Waals surface area contributed by atoms with Gasteiger partial charge in [-0.3, -0.25) is 9.59 Å². The molecule has 2 N–H and O–H groups in total. The number of unbranched alkanes of at least 4 members (excludes halogenated alkanes) is 2. The molecule has 0 fully saturated rings. The first-order valence-corrected chi connectivity index (χ1v) is 9.08. The Labute approximate surface area is 141 Å². The lowest BCUT2D eigenvalue weighted by molar-refractivity contribution is -0.121. The minimum absolute atomic E-state index is 0.118. The summed E-state index contributed by atoms with van der Waals surface area (Å²) >= 11 is 0. The van der Waals surface area contributed by atoms with E-state index in [1.54, 1.807) is 0 Å².